The standard InChI is InChI=1S/C23H28N4O2S2/c1-3-4-13-27-22(29)18(31-23(27)30)15-17-20(25(2)16-10-6-5-7-11-16)24-19-12-8-9-14-26(19)21(17)28/h8-9,12,14-16H,3-7,10-11,13H2,1-2H3/b18-15+. The van der Waals surface area contributed by atoms with Crippen molar-refractivity contribution in [2.45, 2.75) is 57.9 Å². The monoisotopic (exact) mass is 456 g/mol. The SMILES string of the molecule is CCCCN1C(=O)/C(=C\c2c(N(C)C3CCCCC3)nc3ccccn3c2=O)SC1=S. The highest BCUT2D eigenvalue weighted by Gasteiger charge is 2.32. The molecule has 6 nitrogen and oxygen atoms in total. The lowest BCUT2D eigenvalue weighted by Gasteiger charge is -2.33. The van der Waals surface area contributed by atoms with E-state index < -0.39 is 0 Å². The van der Waals surface area contributed by atoms with Crippen LogP contribution in [0.1, 0.15) is 57.4 Å². The van der Waals surface area contributed by atoms with Crippen LogP contribution in [0, 0.1) is 0 Å². The van der Waals surface area contributed by atoms with Gasteiger partial charge in [-0.25, -0.2) is 4.98 Å². The smallest absolute Gasteiger partial charge is 0.267 e. The van der Waals surface area contributed by atoms with Crippen molar-refractivity contribution in [2.75, 3.05) is 18.5 Å². The fourth-order valence-electron chi connectivity index (χ4n) is 4.27. The van der Waals surface area contributed by atoms with E-state index in [-0.39, 0.29) is 11.5 Å². The van der Waals surface area contributed by atoms with Gasteiger partial charge in [-0.15, -0.1) is 0 Å². The number of unbranched alkanes of at least 4 members (excludes halogenated alkanes) is 1. The highest BCUT2D eigenvalue weighted by atomic mass is 32.2. The van der Waals surface area contributed by atoms with Crippen LogP contribution >= 0.6 is 24.0 Å². The molecule has 0 unspecified atom stereocenters. The number of fused-ring (bicyclic) bond motifs is 1. The first kappa shape index (κ1) is 22.0. The number of anilines is 1. The minimum atomic E-state index is -0.165. The quantitative estimate of drug-likeness (QED) is 0.472. The first-order chi connectivity index (χ1) is 15.0. The number of rotatable bonds is 6. The Labute approximate surface area is 192 Å². The molecule has 2 aromatic heterocycles. The molecule has 1 saturated heterocycles. The van der Waals surface area contributed by atoms with Gasteiger partial charge in [-0.3, -0.25) is 18.9 Å². The second-order valence-electron chi connectivity index (χ2n) is 8.17. The lowest BCUT2D eigenvalue weighted by atomic mass is 9.94. The lowest BCUT2D eigenvalue weighted by Crippen LogP contribution is -2.36. The van der Waals surface area contributed by atoms with Crippen molar-refractivity contribution in [3.8, 4) is 0 Å². The largest absolute Gasteiger partial charge is 0.356 e. The molecule has 0 aromatic carbocycles. The summed E-state index contributed by atoms with van der Waals surface area (Å²) in [6.07, 6.45) is 11.1. The number of aromatic nitrogens is 2. The maximum absolute atomic E-state index is 13.5. The van der Waals surface area contributed by atoms with Gasteiger partial charge in [0.2, 0.25) is 0 Å². The van der Waals surface area contributed by atoms with Crippen molar-refractivity contribution in [3.05, 3.63) is 45.2 Å². The Hall–Kier alpha value is -2.19. The molecule has 2 aromatic rings. The van der Waals surface area contributed by atoms with Crippen molar-refractivity contribution < 1.29 is 4.79 Å². The summed E-state index contributed by atoms with van der Waals surface area (Å²) in [4.78, 5) is 35.6. The van der Waals surface area contributed by atoms with Crippen LogP contribution in [0.5, 0.6) is 0 Å². The summed E-state index contributed by atoms with van der Waals surface area (Å²) in [5.41, 5.74) is 0.896. The summed E-state index contributed by atoms with van der Waals surface area (Å²) < 4.78 is 2.10. The number of thioether (sulfide) groups is 1. The van der Waals surface area contributed by atoms with Crippen LogP contribution in [-0.2, 0) is 4.79 Å². The average Bonchev–Trinajstić information content (AvgIpc) is 3.06. The molecule has 4 rings (SSSR count). The predicted molar refractivity (Wildman–Crippen MR) is 132 cm³/mol. The Kier molecular flexibility index (Phi) is 6.77. The molecular formula is C23H28N4O2S2. The third kappa shape index (κ3) is 4.41. The Balaban J connectivity index is 1.80. The van der Waals surface area contributed by atoms with Crippen LogP contribution < -0.4 is 10.5 Å². The summed E-state index contributed by atoms with van der Waals surface area (Å²) in [6, 6.07) is 5.88. The molecule has 3 heterocycles. The Morgan fingerprint density at radius 2 is 2.03 bits per heavy atom. The molecular weight excluding hydrogens is 428 g/mol. The number of nitrogens with zero attached hydrogens (tertiary/aromatic N) is 4. The van der Waals surface area contributed by atoms with Crippen LogP contribution in [0.15, 0.2) is 34.1 Å². The molecule has 164 valence electrons. The summed E-state index contributed by atoms with van der Waals surface area (Å²) in [6.45, 7) is 2.70. The number of carbonyl (C=O) groups excluding carboxylic acids is 1. The van der Waals surface area contributed by atoms with Crippen molar-refractivity contribution >= 4 is 51.7 Å². The first-order valence-corrected chi connectivity index (χ1v) is 12.2. The summed E-state index contributed by atoms with van der Waals surface area (Å²) >= 11 is 6.71. The van der Waals surface area contributed by atoms with Crippen LogP contribution in [0.3, 0.4) is 0 Å². The topological polar surface area (TPSA) is 57.9 Å². The highest BCUT2D eigenvalue weighted by Crippen LogP contribution is 2.34. The van der Waals surface area contributed by atoms with Crippen LogP contribution in [0.2, 0.25) is 0 Å². The van der Waals surface area contributed by atoms with Gasteiger partial charge in [0.15, 0.2) is 0 Å². The lowest BCUT2D eigenvalue weighted by molar-refractivity contribution is -0.122. The number of hydrogen-bond acceptors (Lipinski definition) is 6. The van der Waals surface area contributed by atoms with E-state index in [2.05, 4.69) is 11.8 Å². The van der Waals surface area contributed by atoms with Gasteiger partial charge in [0.1, 0.15) is 15.8 Å². The number of carbonyl (C=O) groups is 1. The molecule has 8 heteroatoms. The molecule has 0 bridgehead atoms. The van der Waals surface area contributed by atoms with Gasteiger partial charge >= 0.3 is 0 Å². The van der Waals surface area contributed by atoms with E-state index in [1.165, 1.54) is 31.0 Å². The number of pyridine rings is 1. The first-order valence-electron chi connectivity index (χ1n) is 11.0. The highest BCUT2D eigenvalue weighted by molar-refractivity contribution is 8.26. The molecule has 31 heavy (non-hydrogen) atoms. The summed E-state index contributed by atoms with van der Waals surface area (Å²) in [5, 5.41) is 0. The molecule has 0 N–H and O–H groups in total. The van der Waals surface area contributed by atoms with Crippen LogP contribution in [-0.4, -0.2) is 44.1 Å². The van der Waals surface area contributed by atoms with Gasteiger partial charge in [0, 0.05) is 25.8 Å². The molecule has 1 aliphatic heterocycles. The van der Waals surface area contributed by atoms with E-state index in [4.69, 9.17) is 17.2 Å². The zero-order valence-corrected chi connectivity index (χ0v) is 19.7. The molecule has 0 radical (unpaired) electrons. The van der Waals surface area contributed by atoms with Crippen molar-refractivity contribution in [1.82, 2.24) is 14.3 Å². The van der Waals surface area contributed by atoms with Gasteiger partial charge in [0.05, 0.1) is 10.5 Å². The summed E-state index contributed by atoms with van der Waals surface area (Å²) in [5.74, 6) is 0.522. The van der Waals surface area contributed by atoms with Gasteiger partial charge in [-0.05, 0) is 37.5 Å². The second-order valence-corrected chi connectivity index (χ2v) is 9.85. The Morgan fingerprint density at radius 1 is 1.26 bits per heavy atom. The van der Waals surface area contributed by atoms with Gasteiger partial charge in [0.25, 0.3) is 11.5 Å². The van der Waals surface area contributed by atoms with Gasteiger partial charge < -0.3 is 4.90 Å². The molecule has 0 atom stereocenters. The summed E-state index contributed by atoms with van der Waals surface area (Å²) in [7, 11) is 2.01. The van der Waals surface area contributed by atoms with E-state index in [1.54, 1.807) is 21.6 Å². The van der Waals surface area contributed by atoms with E-state index in [1.807, 2.05) is 25.2 Å². The molecule has 1 saturated carbocycles. The van der Waals surface area contributed by atoms with E-state index in [0.717, 1.165) is 25.7 Å². The minimum absolute atomic E-state index is 0.118. The average molecular weight is 457 g/mol. The van der Waals surface area contributed by atoms with Gasteiger partial charge in [-0.2, -0.15) is 0 Å². The number of amides is 1. The Morgan fingerprint density at radius 3 is 2.77 bits per heavy atom. The zero-order valence-electron chi connectivity index (χ0n) is 18.0. The van der Waals surface area contributed by atoms with Gasteiger partial charge in [-0.1, -0.05) is 62.7 Å². The van der Waals surface area contributed by atoms with E-state index in [9.17, 15) is 9.59 Å². The van der Waals surface area contributed by atoms with Crippen molar-refractivity contribution in [2.24, 2.45) is 0 Å². The van der Waals surface area contributed by atoms with E-state index in [0.29, 0.717) is 38.8 Å². The maximum atomic E-state index is 13.5. The maximum Gasteiger partial charge on any atom is 0.267 e. The Bertz CT molecular complexity index is 1090. The fourth-order valence-corrected chi connectivity index (χ4v) is 5.56. The number of hydrogen-bond donors (Lipinski definition) is 0. The van der Waals surface area contributed by atoms with Crippen LogP contribution in [0.25, 0.3) is 11.7 Å². The molecule has 0 spiro atoms. The van der Waals surface area contributed by atoms with Crippen LogP contribution in [0.4, 0.5) is 5.82 Å². The van der Waals surface area contributed by atoms with Crippen molar-refractivity contribution in [3.63, 3.8) is 0 Å². The van der Waals surface area contributed by atoms with E-state index >= 15 is 0 Å². The molecule has 1 aliphatic carbocycles. The number of thiocarbonyl (C=S) groups is 1. The van der Waals surface area contributed by atoms with Crippen molar-refractivity contribution in [1.29, 1.82) is 0 Å². The molecule has 2 aliphatic rings. The normalized spacial score (nSPS) is 19.0. The third-order valence-corrected chi connectivity index (χ3v) is 7.47. The molecule has 2 fully saturated rings. The fraction of sp³-hybridized carbons (Fsp3) is 0.478. The minimum Gasteiger partial charge on any atom is -0.356 e. The third-order valence-electron chi connectivity index (χ3n) is 6.09. The molecule has 1 amide bonds. The second kappa shape index (κ2) is 9.53. The predicted octanol–water partition coefficient (Wildman–Crippen LogP) is 4.46. The zero-order chi connectivity index (χ0) is 22.0.